The summed E-state index contributed by atoms with van der Waals surface area (Å²) >= 11 is 0. The van der Waals surface area contributed by atoms with Gasteiger partial charge < -0.3 is 10.1 Å². The molecular formula is C11H10F3N3O. The molecule has 2 rings (SSSR count). The van der Waals surface area contributed by atoms with Gasteiger partial charge in [-0.05, 0) is 12.1 Å². The topological polar surface area (TPSA) is 39.1 Å². The second kappa shape index (κ2) is 4.59. The van der Waals surface area contributed by atoms with E-state index >= 15 is 0 Å². The number of aromatic nitrogens is 2. The largest absolute Gasteiger partial charge is 0.573 e. The van der Waals surface area contributed by atoms with Crippen molar-refractivity contribution in [1.82, 2.24) is 9.78 Å². The van der Waals surface area contributed by atoms with Gasteiger partial charge in [-0.2, -0.15) is 5.10 Å². The van der Waals surface area contributed by atoms with Crippen molar-refractivity contribution in [2.75, 3.05) is 12.4 Å². The van der Waals surface area contributed by atoms with Crippen molar-refractivity contribution in [1.29, 1.82) is 0 Å². The quantitative estimate of drug-likeness (QED) is 0.918. The highest BCUT2D eigenvalue weighted by atomic mass is 19.4. The van der Waals surface area contributed by atoms with E-state index in [4.69, 9.17) is 0 Å². The lowest BCUT2D eigenvalue weighted by Crippen LogP contribution is -2.17. The minimum atomic E-state index is -4.70. The van der Waals surface area contributed by atoms with Gasteiger partial charge in [0.05, 0.1) is 23.8 Å². The van der Waals surface area contributed by atoms with Crippen LogP contribution in [-0.4, -0.2) is 23.2 Å². The number of nitrogens with zero attached hydrogens (tertiary/aromatic N) is 2. The highest BCUT2D eigenvalue weighted by Gasteiger charge is 2.31. The van der Waals surface area contributed by atoms with Crippen LogP contribution in [0.1, 0.15) is 0 Å². The zero-order valence-corrected chi connectivity index (χ0v) is 9.40. The highest BCUT2D eigenvalue weighted by Crippen LogP contribution is 2.24. The van der Waals surface area contributed by atoms with Crippen LogP contribution in [0.5, 0.6) is 5.75 Å². The van der Waals surface area contributed by atoms with Crippen LogP contribution in [0.2, 0.25) is 0 Å². The van der Waals surface area contributed by atoms with Crippen LogP contribution in [0.25, 0.3) is 5.69 Å². The maximum absolute atomic E-state index is 12.1. The Balaban J connectivity index is 2.26. The lowest BCUT2D eigenvalue weighted by atomic mass is 10.3. The van der Waals surface area contributed by atoms with E-state index in [1.54, 1.807) is 25.5 Å². The molecule has 2 aromatic rings. The van der Waals surface area contributed by atoms with Crippen molar-refractivity contribution in [3.05, 3.63) is 36.7 Å². The summed E-state index contributed by atoms with van der Waals surface area (Å²) in [6, 6.07) is 5.60. The molecule has 0 fully saturated rings. The van der Waals surface area contributed by atoms with Crippen LogP contribution < -0.4 is 10.1 Å². The zero-order chi connectivity index (χ0) is 13.2. The van der Waals surface area contributed by atoms with Gasteiger partial charge in [-0.25, -0.2) is 4.68 Å². The summed E-state index contributed by atoms with van der Waals surface area (Å²) in [7, 11) is 1.73. The van der Waals surface area contributed by atoms with Gasteiger partial charge in [-0.3, -0.25) is 0 Å². The fourth-order valence-electron chi connectivity index (χ4n) is 1.42. The van der Waals surface area contributed by atoms with E-state index in [1.807, 2.05) is 0 Å². The third-order valence-electron chi connectivity index (χ3n) is 2.19. The van der Waals surface area contributed by atoms with Gasteiger partial charge in [0.1, 0.15) is 5.75 Å². The van der Waals surface area contributed by atoms with E-state index in [2.05, 4.69) is 15.2 Å². The van der Waals surface area contributed by atoms with Gasteiger partial charge in [0.25, 0.3) is 0 Å². The maximum Gasteiger partial charge on any atom is 0.573 e. The van der Waals surface area contributed by atoms with Gasteiger partial charge in [0, 0.05) is 13.1 Å². The molecule has 0 unspecified atom stereocenters. The fraction of sp³-hybridized carbons (Fsp3) is 0.182. The number of hydrogen-bond donors (Lipinski definition) is 1. The summed E-state index contributed by atoms with van der Waals surface area (Å²) in [5.74, 6) is -0.276. The van der Waals surface area contributed by atoms with Gasteiger partial charge in [-0.15, -0.1) is 13.2 Å². The first-order valence-corrected chi connectivity index (χ1v) is 5.06. The van der Waals surface area contributed by atoms with Crippen LogP contribution >= 0.6 is 0 Å². The molecule has 1 heterocycles. The van der Waals surface area contributed by atoms with E-state index in [-0.39, 0.29) is 5.75 Å². The number of anilines is 1. The van der Waals surface area contributed by atoms with Crippen LogP contribution in [-0.2, 0) is 0 Å². The molecule has 0 amide bonds. The molecule has 0 radical (unpaired) electrons. The summed E-state index contributed by atoms with van der Waals surface area (Å²) in [5, 5.41) is 6.89. The number of benzene rings is 1. The predicted octanol–water partition coefficient (Wildman–Crippen LogP) is 2.81. The summed E-state index contributed by atoms with van der Waals surface area (Å²) in [4.78, 5) is 0. The maximum atomic E-state index is 12.1. The van der Waals surface area contributed by atoms with Crippen molar-refractivity contribution in [2.24, 2.45) is 0 Å². The summed E-state index contributed by atoms with van der Waals surface area (Å²) in [6.45, 7) is 0. The summed E-state index contributed by atoms with van der Waals surface area (Å²) < 4.78 is 41.5. The lowest BCUT2D eigenvalue weighted by Gasteiger charge is -2.09. The molecule has 0 spiro atoms. The average Bonchev–Trinajstić information content (AvgIpc) is 2.75. The minimum Gasteiger partial charge on any atom is -0.406 e. The van der Waals surface area contributed by atoms with Crippen LogP contribution in [0, 0.1) is 0 Å². The number of hydrogen-bond acceptors (Lipinski definition) is 3. The molecule has 0 bridgehead atoms. The molecule has 4 nitrogen and oxygen atoms in total. The van der Waals surface area contributed by atoms with Crippen molar-refractivity contribution in [3.8, 4) is 11.4 Å². The first kappa shape index (κ1) is 12.3. The van der Waals surface area contributed by atoms with Crippen LogP contribution in [0.15, 0.2) is 36.7 Å². The standard InChI is InChI=1S/C11H10F3N3O/c1-15-8-6-16-17(7-8)9-3-2-4-10(5-9)18-11(12,13)14/h2-7,15H,1H3. The third kappa shape index (κ3) is 2.93. The Labute approximate surface area is 101 Å². The Morgan fingerprint density at radius 3 is 2.72 bits per heavy atom. The Morgan fingerprint density at radius 2 is 2.11 bits per heavy atom. The second-order valence-electron chi connectivity index (χ2n) is 3.47. The smallest absolute Gasteiger partial charge is 0.406 e. The molecule has 0 saturated heterocycles. The van der Waals surface area contributed by atoms with Crippen molar-refractivity contribution in [2.45, 2.75) is 6.36 Å². The lowest BCUT2D eigenvalue weighted by molar-refractivity contribution is -0.274. The monoisotopic (exact) mass is 257 g/mol. The number of nitrogens with one attached hydrogen (secondary N) is 1. The Bertz CT molecular complexity index is 536. The molecular weight excluding hydrogens is 247 g/mol. The first-order chi connectivity index (χ1) is 8.48. The SMILES string of the molecule is CNc1cnn(-c2cccc(OC(F)(F)F)c2)c1. The van der Waals surface area contributed by atoms with Crippen molar-refractivity contribution >= 4 is 5.69 Å². The molecule has 1 aromatic heterocycles. The minimum absolute atomic E-state index is 0.276. The van der Waals surface area contributed by atoms with Crippen LogP contribution in [0.3, 0.4) is 0 Å². The Hall–Kier alpha value is -2.18. The number of ether oxygens (including phenoxy) is 1. The van der Waals surface area contributed by atoms with E-state index in [0.29, 0.717) is 5.69 Å². The second-order valence-corrected chi connectivity index (χ2v) is 3.47. The normalized spacial score (nSPS) is 11.3. The van der Waals surface area contributed by atoms with Gasteiger partial charge in [0.2, 0.25) is 0 Å². The van der Waals surface area contributed by atoms with Gasteiger partial charge in [0.15, 0.2) is 0 Å². The Kier molecular flexibility index (Phi) is 3.14. The molecule has 1 aromatic carbocycles. The van der Waals surface area contributed by atoms with E-state index in [0.717, 1.165) is 5.69 Å². The van der Waals surface area contributed by atoms with Crippen molar-refractivity contribution in [3.63, 3.8) is 0 Å². The molecule has 0 atom stereocenters. The Morgan fingerprint density at radius 1 is 1.33 bits per heavy atom. The van der Waals surface area contributed by atoms with E-state index in [1.165, 1.54) is 22.9 Å². The molecule has 0 aliphatic carbocycles. The molecule has 0 aliphatic heterocycles. The molecule has 1 N–H and O–H groups in total. The molecule has 18 heavy (non-hydrogen) atoms. The van der Waals surface area contributed by atoms with Gasteiger partial charge >= 0.3 is 6.36 Å². The predicted molar refractivity (Wildman–Crippen MR) is 59.8 cm³/mol. The molecule has 0 saturated carbocycles. The molecule has 96 valence electrons. The third-order valence-corrected chi connectivity index (χ3v) is 2.19. The number of rotatable bonds is 3. The van der Waals surface area contributed by atoms with E-state index in [9.17, 15) is 13.2 Å². The van der Waals surface area contributed by atoms with Crippen molar-refractivity contribution < 1.29 is 17.9 Å². The number of alkyl halides is 3. The summed E-state index contributed by atoms with van der Waals surface area (Å²) in [5.41, 5.74) is 1.25. The van der Waals surface area contributed by atoms with E-state index < -0.39 is 6.36 Å². The summed E-state index contributed by atoms with van der Waals surface area (Å²) in [6.07, 6.45) is -1.47. The first-order valence-electron chi connectivity index (χ1n) is 5.06. The molecule has 0 aliphatic rings. The zero-order valence-electron chi connectivity index (χ0n) is 9.40. The van der Waals surface area contributed by atoms with Crippen LogP contribution in [0.4, 0.5) is 18.9 Å². The average molecular weight is 257 g/mol. The van der Waals surface area contributed by atoms with Gasteiger partial charge in [-0.1, -0.05) is 6.07 Å². The fourth-order valence-corrected chi connectivity index (χ4v) is 1.42. The highest BCUT2D eigenvalue weighted by molar-refractivity contribution is 5.44. The number of halogens is 3. The molecule has 7 heteroatoms.